The average Bonchev–Trinajstić information content (AvgIpc) is 3.83. The number of rotatable bonds is 8. The van der Waals surface area contributed by atoms with Gasteiger partial charge in [0.05, 0.1) is 5.92 Å². The molecule has 4 aliphatic rings. The number of aliphatic carboxylic acids is 1. The third-order valence-corrected chi connectivity index (χ3v) is 9.73. The molecule has 0 aromatic heterocycles. The summed E-state index contributed by atoms with van der Waals surface area (Å²) in [6.07, 6.45) is 2.94. The number of likely N-dealkylation sites (tertiary alicyclic amines) is 1. The van der Waals surface area contributed by atoms with Crippen molar-refractivity contribution in [3.8, 4) is 11.5 Å². The Morgan fingerprint density at radius 1 is 1.05 bits per heavy atom. The Morgan fingerprint density at radius 3 is 2.40 bits per heavy atom. The van der Waals surface area contributed by atoms with E-state index < -0.39 is 18.2 Å². The molecule has 0 bridgehead atoms. The highest BCUT2D eigenvalue weighted by atomic mass is 19.4. The van der Waals surface area contributed by atoms with Gasteiger partial charge in [-0.3, -0.25) is 9.69 Å². The van der Waals surface area contributed by atoms with Crippen molar-refractivity contribution in [2.45, 2.75) is 95.1 Å². The highest BCUT2D eigenvalue weighted by Crippen LogP contribution is 2.49. The topological polar surface area (TPSA) is 59.0 Å². The number of carboxylic acid groups (broad SMARTS) is 1. The van der Waals surface area contributed by atoms with E-state index in [4.69, 9.17) is 4.74 Å². The van der Waals surface area contributed by atoms with E-state index in [0.717, 1.165) is 86.9 Å². The fourth-order valence-corrected chi connectivity index (χ4v) is 6.95. The summed E-state index contributed by atoms with van der Waals surface area (Å²) in [7, 11) is 0. The third kappa shape index (κ3) is 5.69. The van der Waals surface area contributed by atoms with Gasteiger partial charge in [-0.05, 0) is 105 Å². The molecule has 2 saturated carbocycles. The van der Waals surface area contributed by atoms with Gasteiger partial charge in [-0.1, -0.05) is 31.2 Å². The second kappa shape index (κ2) is 10.3. The predicted octanol–water partition coefficient (Wildman–Crippen LogP) is 7.60. The van der Waals surface area contributed by atoms with Crippen molar-refractivity contribution < 1.29 is 32.5 Å². The predicted molar refractivity (Wildman–Crippen MR) is 145 cm³/mol. The van der Waals surface area contributed by atoms with Crippen LogP contribution in [0.15, 0.2) is 36.4 Å². The van der Waals surface area contributed by atoms with Crippen LogP contribution in [0.1, 0.15) is 98.9 Å². The Kier molecular flexibility index (Phi) is 7.04. The highest BCUT2D eigenvalue weighted by molar-refractivity contribution is 5.71. The Labute approximate surface area is 233 Å². The summed E-state index contributed by atoms with van der Waals surface area (Å²) >= 11 is 0. The first-order valence-electron chi connectivity index (χ1n) is 14.7. The number of carbonyl (C=O) groups is 1. The molecule has 3 atom stereocenters. The maximum Gasteiger partial charge on any atom is 0.573 e. The molecule has 0 radical (unpaired) electrons. The second-order valence-electron chi connectivity index (χ2n) is 12.5. The van der Waals surface area contributed by atoms with E-state index in [0.29, 0.717) is 17.4 Å². The zero-order valence-corrected chi connectivity index (χ0v) is 23.2. The van der Waals surface area contributed by atoms with Crippen LogP contribution < -0.4 is 9.47 Å². The molecule has 40 heavy (non-hydrogen) atoms. The number of hydrogen-bond acceptors (Lipinski definition) is 4. The van der Waals surface area contributed by atoms with E-state index in [9.17, 15) is 23.1 Å². The van der Waals surface area contributed by atoms with Crippen molar-refractivity contribution in [2.24, 2.45) is 11.8 Å². The minimum Gasteiger partial charge on any atom is -0.487 e. The lowest BCUT2D eigenvalue weighted by Gasteiger charge is -2.46. The van der Waals surface area contributed by atoms with Crippen LogP contribution in [-0.4, -0.2) is 41.0 Å². The average molecular weight is 558 g/mol. The second-order valence-corrected chi connectivity index (χ2v) is 12.5. The van der Waals surface area contributed by atoms with Gasteiger partial charge in [-0.25, -0.2) is 0 Å². The summed E-state index contributed by atoms with van der Waals surface area (Å²) in [6.45, 7) is 5.21. The van der Waals surface area contributed by atoms with E-state index in [1.807, 2.05) is 13.0 Å². The van der Waals surface area contributed by atoms with E-state index in [1.54, 1.807) is 13.0 Å². The first-order chi connectivity index (χ1) is 19.0. The molecule has 0 amide bonds. The van der Waals surface area contributed by atoms with Gasteiger partial charge in [0, 0.05) is 24.7 Å². The van der Waals surface area contributed by atoms with Crippen molar-refractivity contribution in [1.82, 2.24) is 4.90 Å². The van der Waals surface area contributed by atoms with Gasteiger partial charge in [-0.15, -0.1) is 13.2 Å². The zero-order valence-electron chi connectivity index (χ0n) is 23.2. The molecule has 2 aromatic carbocycles. The van der Waals surface area contributed by atoms with Crippen LogP contribution in [0.25, 0.3) is 0 Å². The smallest absolute Gasteiger partial charge is 0.487 e. The summed E-state index contributed by atoms with van der Waals surface area (Å²) in [5, 5.41) is 9.70. The van der Waals surface area contributed by atoms with Crippen LogP contribution in [-0.2, 0) is 11.2 Å². The minimum absolute atomic E-state index is 0.00788. The van der Waals surface area contributed by atoms with Gasteiger partial charge in [0.25, 0.3) is 0 Å². The van der Waals surface area contributed by atoms with Crippen molar-refractivity contribution in [2.75, 3.05) is 13.1 Å². The Morgan fingerprint density at radius 2 is 1.77 bits per heavy atom. The number of nitrogens with zero attached hydrogens (tertiary/aromatic N) is 1. The number of fused-ring (bicyclic) bond motifs is 1. The van der Waals surface area contributed by atoms with Crippen LogP contribution in [0, 0.1) is 11.8 Å². The van der Waals surface area contributed by atoms with E-state index in [-0.39, 0.29) is 23.3 Å². The monoisotopic (exact) mass is 557 g/mol. The maximum absolute atomic E-state index is 13.2. The highest BCUT2D eigenvalue weighted by Gasteiger charge is 2.43. The summed E-state index contributed by atoms with van der Waals surface area (Å²) in [6, 6.07) is 11.2. The molecule has 8 heteroatoms. The number of alkyl halides is 3. The van der Waals surface area contributed by atoms with Crippen molar-refractivity contribution in [1.29, 1.82) is 0 Å². The molecular formula is C32H38F3NO4. The summed E-state index contributed by atoms with van der Waals surface area (Å²) in [5.41, 5.74) is 3.59. The molecule has 2 aliphatic carbocycles. The molecule has 1 saturated heterocycles. The number of ether oxygens (including phenoxy) is 2. The number of piperidine rings is 1. The zero-order chi connectivity index (χ0) is 28.2. The van der Waals surface area contributed by atoms with E-state index in [1.165, 1.54) is 6.07 Å². The molecule has 6 rings (SSSR count). The Bertz CT molecular complexity index is 1260. The Hall–Kier alpha value is -2.74. The Balaban J connectivity index is 1.17. The van der Waals surface area contributed by atoms with Crippen molar-refractivity contribution in [3.63, 3.8) is 0 Å². The van der Waals surface area contributed by atoms with Gasteiger partial charge in [-0.2, -0.15) is 0 Å². The van der Waals surface area contributed by atoms with Crippen LogP contribution in [0.5, 0.6) is 11.5 Å². The van der Waals surface area contributed by atoms with Gasteiger partial charge in [0.15, 0.2) is 0 Å². The standard InChI is InChI=1S/C32H38F3NO4/c1-19(30(37)38)29(23-6-7-23)25-8-5-22-11-12-31(39-28(22)18-25)13-15-36(16-14-31)20(2)26-17-24(21-3-4-21)9-10-27(26)40-32(33,34)35/h5,8-10,17-21,23,29H,3-4,6-7,11-16H2,1-2H3,(H,37,38)/t19-,20?,29?/m0/s1. The summed E-state index contributed by atoms with van der Waals surface area (Å²) in [4.78, 5) is 14.1. The minimum atomic E-state index is -4.73. The van der Waals surface area contributed by atoms with Crippen LogP contribution in [0.2, 0.25) is 0 Å². The molecule has 2 heterocycles. The molecule has 3 fully saturated rings. The third-order valence-electron chi connectivity index (χ3n) is 9.73. The van der Waals surface area contributed by atoms with Gasteiger partial charge >= 0.3 is 12.3 Å². The molecule has 1 N–H and O–H groups in total. The number of hydrogen-bond donors (Lipinski definition) is 1. The van der Waals surface area contributed by atoms with Crippen molar-refractivity contribution in [3.05, 3.63) is 58.7 Å². The van der Waals surface area contributed by atoms with Gasteiger partial charge in [0.2, 0.25) is 0 Å². The quantitative estimate of drug-likeness (QED) is 0.362. The summed E-state index contributed by atoms with van der Waals surface area (Å²) in [5.74, 6) is 0.390. The van der Waals surface area contributed by atoms with Crippen LogP contribution >= 0.6 is 0 Å². The fraction of sp³-hybridized carbons (Fsp3) is 0.594. The normalized spacial score (nSPS) is 23.1. The molecule has 5 nitrogen and oxygen atoms in total. The fourth-order valence-electron chi connectivity index (χ4n) is 6.95. The largest absolute Gasteiger partial charge is 0.573 e. The van der Waals surface area contributed by atoms with Gasteiger partial charge in [0.1, 0.15) is 17.1 Å². The first kappa shape index (κ1) is 27.4. The molecule has 2 unspecified atom stereocenters. The number of carboxylic acids is 1. The molecule has 2 aromatic rings. The SMILES string of the molecule is CC(c1cc(C2CC2)ccc1OC(F)(F)F)N1CCC2(CCc3ccc(C(C4CC4)[C@H](C)C(=O)O)cc3O2)CC1. The van der Waals surface area contributed by atoms with E-state index >= 15 is 0 Å². The maximum atomic E-state index is 13.2. The molecular weight excluding hydrogens is 519 g/mol. The molecule has 216 valence electrons. The first-order valence-corrected chi connectivity index (χ1v) is 14.7. The lowest BCUT2D eigenvalue weighted by atomic mass is 9.80. The van der Waals surface area contributed by atoms with Crippen LogP contribution in [0.3, 0.4) is 0 Å². The lowest BCUT2D eigenvalue weighted by Crippen LogP contribution is -2.50. The summed E-state index contributed by atoms with van der Waals surface area (Å²) < 4.78 is 50.7. The number of aryl methyl sites for hydroxylation is 1. The molecule has 1 spiro atoms. The van der Waals surface area contributed by atoms with Crippen molar-refractivity contribution >= 4 is 5.97 Å². The number of benzene rings is 2. The van der Waals surface area contributed by atoms with E-state index in [2.05, 4.69) is 27.8 Å². The van der Waals surface area contributed by atoms with Gasteiger partial charge < -0.3 is 14.6 Å². The lowest BCUT2D eigenvalue weighted by molar-refractivity contribution is -0.275. The van der Waals surface area contributed by atoms with Crippen LogP contribution in [0.4, 0.5) is 13.2 Å². The molecule has 2 aliphatic heterocycles. The number of halogens is 3.